The van der Waals surface area contributed by atoms with E-state index in [1.54, 1.807) is 25.3 Å². The number of aliphatic hydroxyl groups excluding tert-OH is 1. The van der Waals surface area contributed by atoms with E-state index in [1.165, 1.54) is 18.2 Å². The van der Waals surface area contributed by atoms with Gasteiger partial charge in [0.05, 0.1) is 10.6 Å². The Morgan fingerprint density at radius 2 is 1.97 bits per heavy atom. The van der Waals surface area contributed by atoms with Gasteiger partial charge in [-0.3, -0.25) is 14.4 Å². The van der Waals surface area contributed by atoms with Crippen LogP contribution in [0.1, 0.15) is 58.8 Å². The van der Waals surface area contributed by atoms with E-state index in [9.17, 15) is 23.9 Å². The Hall–Kier alpha value is -2.71. The average Bonchev–Trinajstić information content (AvgIpc) is 3.06. The molecule has 7 nitrogen and oxygen atoms in total. The number of aliphatic hydroxyl groups is 1. The second-order valence-corrected chi connectivity index (χ2v) is 9.22. The number of halogens is 2. The summed E-state index contributed by atoms with van der Waals surface area (Å²) in [5.41, 5.74) is 0.936. The van der Waals surface area contributed by atoms with Gasteiger partial charge in [-0.15, -0.1) is 0 Å². The molecule has 2 aromatic rings. The Morgan fingerprint density at radius 3 is 2.62 bits per heavy atom. The van der Waals surface area contributed by atoms with Crippen LogP contribution in [-0.2, 0) is 17.8 Å². The minimum Gasteiger partial charge on any atom is -0.396 e. The van der Waals surface area contributed by atoms with Gasteiger partial charge in [-0.05, 0) is 49.9 Å². The zero-order valence-electron chi connectivity index (χ0n) is 18.3. The van der Waals surface area contributed by atoms with Crippen LogP contribution in [0.4, 0.5) is 10.1 Å². The third kappa shape index (κ3) is 4.86. The molecule has 0 aliphatic carbocycles. The molecule has 0 saturated heterocycles. The molecule has 0 bridgehead atoms. The lowest BCUT2D eigenvalue weighted by atomic mass is 9.95. The standard InChI is InChI=1S/C23H27ClFN3O4/c1-13-10-14(7-8-15(13)25)27-21(31)17-16-6-4-5-9-28(16)19(18(17)24)20(30)22(32)26-11-23(2,3)12-29/h7-8,10,29H,4-6,9,11-12H2,1-3H3,(H,26,32)(H,27,31). The number of carbonyl (C=O) groups is 3. The SMILES string of the molecule is Cc1cc(NC(=O)c2c(Cl)c(C(=O)C(=O)NCC(C)(C)CO)n3c2CCCC3)ccc1F. The van der Waals surface area contributed by atoms with Crippen LogP contribution < -0.4 is 10.6 Å². The first-order chi connectivity index (χ1) is 15.1. The van der Waals surface area contributed by atoms with Crippen LogP contribution in [0.2, 0.25) is 5.02 Å². The molecular weight excluding hydrogens is 437 g/mol. The quantitative estimate of drug-likeness (QED) is 0.432. The van der Waals surface area contributed by atoms with E-state index >= 15 is 0 Å². The first kappa shape index (κ1) is 23.9. The van der Waals surface area contributed by atoms with Crippen molar-refractivity contribution in [2.45, 2.75) is 46.6 Å². The van der Waals surface area contributed by atoms with Crippen molar-refractivity contribution >= 4 is 34.9 Å². The fourth-order valence-corrected chi connectivity index (χ4v) is 4.02. The summed E-state index contributed by atoms with van der Waals surface area (Å²) < 4.78 is 15.2. The van der Waals surface area contributed by atoms with Crippen molar-refractivity contribution in [1.82, 2.24) is 9.88 Å². The molecule has 3 N–H and O–H groups in total. The van der Waals surface area contributed by atoms with Gasteiger partial charge in [-0.25, -0.2) is 4.39 Å². The van der Waals surface area contributed by atoms with Crippen molar-refractivity contribution in [3.8, 4) is 0 Å². The number of anilines is 1. The molecule has 2 heterocycles. The number of carbonyl (C=O) groups excluding carboxylic acids is 3. The summed E-state index contributed by atoms with van der Waals surface area (Å²) in [6, 6.07) is 4.21. The number of nitrogens with zero attached hydrogens (tertiary/aromatic N) is 1. The second-order valence-electron chi connectivity index (χ2n) is 8.85. The fraction of sp³-hybridized carbons (Fsp3) is 0.435. The van der Waals surface area contributed by atoms with Gasteiger partial charge in [0, 0.05) is 36.5 Å². The van der Waals surface area contributed by atoms with E-state index in [2.05, 4.69) is 10.6 Å². The Morgan fingerprint density at radius 1 is 1.25 bits per heavy atom. The minimum atomic E-state index is -0.847. The summed E-state index contributed by atoms with van der Waals surface area (Å²) in [5.74, 6) is -2.58. The maximum atomic E-state index is 13.5. The number of fused-ring (bicyclic) bond motifs is 1. The molecule has 3 rings (SSSR count). The van der Waals surface area contributed by atoms with Gasteiger partial charge in [0.1, 0.15) is 11.5 Å². The lowest BCUT2D eigenvalue weighted by molar-refractivity contribution is -0.117. The lowest BCUT2D eigenvalue weighted by Crippen LogP contribution is -2.40. The zero-order valence-corrected chi connectivity index (χ0v) is 19.1. The summed E-state index contributed by atoms with van der Waals surface area (Å²) in [6.07, 6.45) is 2.15. The number of aromatic nitrogens is 1. The molecule has 1 aromatic heterocycles. The molecule has 9 heteroatoms. The van der Waals surface area contributed by atoms with Crippen molar-refractivity contribution in [1.29, 1.82) is 0 Å². The Balaban J connectivity index is 1.92. The molecule has 0 fully saturated rings. The highest BCUT2D eigenvalue weighted by molar-refractivity contribution is 6.48. The van der Waals surface area contributed by atoms with Crippen LogP contribution in [-0.4, -0.2) is 40.4 Å². The molecule has 0 spiro atoms. The summed E-state index contributed by atoms with van der Waals surface area (Å²) >= 11 is 6.51. The highest BCUT2D eigenvalue weighted by Gasteiger charge is 2.34. The van der Waals surface area contributed by atoms with E-state index in [-0.39, 0.29) is 35.2 Å². The third-order valence-electron chi connectivity index (χ3n) is 5.58. The number of aryl methyl sites for hydroxylation is 1. The number of ketones is 1. The van der Waals surface area contributed by atoms with Crippen LogP contribution in [0.25, 0.3) is 0 Å². The summed E-state index contributed by atoms with van der Waals surface area (Å²) in [6.45, 7) is 5.51. The summed E-state index contributed by atoms with van der Waals surface area (Å²) in [4.78, 5) is 38.6. The van der Waals surface area contributed by atoms with E-state index in [4.69, 9.17) is 11.6 Å². The van der Waals surface area contributed by atoms with Crippen molar-refractivity contribution < 1.29 is 23.9 Å². The molecule has 1 aromatic carbocycles. The molecule has 32 heavy (non-hydrogen) atoms. The molecule has 0 radical (unpaired) electrons. The molecule has 0 atom stereocenters. The first-order valence-electron chi connectivity index (χ1n) is 10.5. The molecule has 172 valence electrons. The topological polar surface area (TPSA) is 100 Å². The minimum absolute atomic E-state index is 0.0129. The second kappa shape index (κ2) is 9.42. The summed E-state index contributed by atoms with van der Waals surface area (Å²) in [5, 5.41) is 14.5. The van der Waals surface area contributed by atoms with Gasteiger partial charge < -0.3 is 20.3 Å². The van der Waals surface area contributed by atoms with Crippen LogP contribution in [0.3, 0.4) is 0 Å². The van der Waals surface area contributed by atoms with Crippen molar-refractivity contribution in [3.05, 3.63) is 51.6 Å². The number of amides is 2. The van der Waals surface area contributed by atoms with Crippen LogP contribution in [0.15, 0.2) is 18.2 Å². The molecule has 2 amide bonds. The molecule has 0 saturated carbocycles. The van der Waals surface area contributed by atoms with Crippen molar-refractivity contribution in [2.75, 3.05) is 18.5 Å². The molecular formula is C23H27ClFN3O4. The predicted octanol–water partition coefficient (Wildman–Crippen LogP) is 3.50. The van der Waals surface area contributed by atoms with Gasteiger partial charge in [-0.2, -0.15) is 0 Å². The Kier molecular flexibility index (Phi) is 7.05. The molecule has 0 unspecified atom stereocenters. The lowest BCUT2D eigenvalue weighted by Gasteiger charge is -2.22. The maximum Gasteiger partial charge on any atom is 0.294 e. The Bertz CT molecular complexity index is 1080. The van der Waals surface area contributed by atoms with Gasteiger partial charge in [0.2, 0.25) is 0 Å². The number of hydrogen-bond donors (Lipinski definition) is 3. The predicted molar refractivity (Wildman–Crippen MR) is 120 cm³/mol. The number of Topliss-reactive ketones (excluding diaryl/α,β-unsaturated/α-hetero) is 1. The van der Waals surface area contributed by atoms with Gasteiger partial charge in [0.15, 0.2) is 0 Å². The number of nitrogens with one attached hydrogen (secondary N) is 2. The van der Waals surface area contributed by atoms with Crippen molar-refractivity contribution in [2.24, 2.45) is 5.41 Å². The van der Waals surface area contributed by atoms with Crippen LogP contribution >= 0.6 is 11.6 Å². The number of hydrogen-bond acceptors (Lipinski definition) is 4. The first-order valence-corrected chi connectivity index (χ1v) is 10.9. The van der Waals surface area contributed by atoms with Gasteiger partial charge in [-0.1, -0.05) is 25.4 Å². The Labute approximate surface area is 190 Å². The largest absolute Gasteiger partial charge is 0.396 e. The van der Waals surface area contributed by atoms with E-state index < -0.39 is 23.0 Å². The van der Waals surface area contributed by atoms with E-state index in [1.807, 2.05) is 0 Å². The van der Waals surface area contributed by atoms with Crippen molar-refractivity contribution in [3.63, 3.8) is 0 Å². The van der Waals surface area contributed by atoms with Crippen LogP contribution in [0, 0.1) is 18.2 Å². The molecule has 1 aliphatic heterocycles. The van der Waals surface area contributed by atoms with E-state index in [0.29, 0.717) is 29.9 Å². The van der Waals surface area contributed by atoms with Crippen LogP contribution in [0.5, 0.6) is 0 Å². The highest BCUT2D eigenvalue weighted by Crippen LogP contribution is 2.33. The number of benzene rings is 1. The zero-order chi connectivity index (χ0) is 23.6. The van der Waals surface area contributed by atoms with Gasteiger partial charge >= 0.3 is 0 Å². The number of rotatable bonds is 7. The third-order valence-corrected chi connectivity index (χ3v) is 5.94. The van der Waals surface area contributed by atoms with Gasteiger partial charge in [0.25, 0.3) is 17.6 Å². The normalized spacial score (nSPS) is 13.4. The fourth-order valence-electron chi connectivity index (χ4n) is 3.63. The summed E-state index contributed by atoms with van der Waals surface area (Å²) in [7, 11) is 0. The molecule has 1 aliphatic rings. The monoisotopic (exact) mass is 463 g/mol. The van der Waals surface area contributed by atoms with E-state index in [0.717, 1.165) is 12.8 Å². The smallest absolute Gasteiger partial charge is 0.294 e. The average molecular weight is 464 g/mol. The highest BCUT2D eigenvalue weighted by atomic mass is 35.5. The maximum absolute atomic E-state index is 13.5.